The molecule has 1 aromatic rings. The SMILES string of the molecule is CCCS(=O)(=O)N1CC(c2cn(C(C)C)cn2)C2(CCN(CCOC)C2=O)C1. The van der Waals surface area contributed by atoms with Gasteiger partial charge in [-0.25, -0.2) is 17.7 Å². The summed E-state index contributed by atoms with van der Waals surface area (Å²) in [6.07, 6.45) is 4.95. The van der Waals surface area contributed by atoms with E-state index in [0.29, 0.717) is 39.1 Å². The van der Waals surface area contributed by atoms with Crippen LogP contribution in [0.3, 0.4) is 0 Å². The number of ether oxygens (including phenoxy) is 1. The Balaban J connectivity index is 1.95. The topological polar surface area (TPSA) is 84.7 Å². The summed E-state index contributed by atoms with van der Waals surface area (Å²) in [7, 11) is -1.76. The molecule has 2 fully saturated rings. The van der Waals surface area contributed by atoms with Gasteiger partial charge in [0.2, 0.25) is 15.9 Å². The van der Waals surface area contributed by atoms with Gasteiger partial charge in [0.1, 0.15) is 0 Å². The second-order valence-corrected chi connectivity index (χ2v) is 10.3. The fourth-order valence-corrected chi connectivity index (χ4v) is 5.98. The fraction of sp³-hybridized carbons (Fsp3) is 0.789. The molecule has 1 amide bonds. The van der Waals surface area contributed by atoms with Crippen LogP contribution in [-0.2, 0) is 19.6 Å². The zero-order valence-electron chi connectivity index (χ0n) is 17.3. The molecule has 2 atom stereocenters. The van der Waals surface area contributed by atoms with Crippen LogP contribution in [0.5, 0.6) is 0 Å². The summed E-state index contributed by atoms with van der Waals surface area (Å²) in [4.78, 5) is 19.8. The van der Waals surface area contributed by atoms with Crippen LogP contribution in [0.1, 0.15) is 51.3 Å². The van der Waals surface area contributed by atoms with Gasteiger partial charge in [0.25, 0.3) is 0 Å². The Morgan fingerprint density at radius 3 is 2.75 bits per heavy atom. The number of carbonyl (C=O) groups is 1. The summed E-state index contributed by atoms with van der Waals surface area (Å²) in [5, 5.41) is 0. The third-order valence-electron chi connectivity index (χ3n) is 6.05. The van der Waals surface area contributed by atoms with Crippen molar-refractivity contribution in [3.8, 4) is 0 Å². The normalized spacial score (nSPS) is 26.2. The van der Waals surface area contributed by atoms with Gasteiger partial charge in [-0.2, -0.15) is 0 Å². The minimum Gasteiger partial charge on any atom is -0.383 e. The molecular formula is C19H32N4O4S. The molecule has 0 aromatic carbocycles. The zero-order valence-corrected chi connectivity index (χ0v) is 18.1. The number of imidazole rings is 1. The smallest absolute Gasteiger partial charge is 0.231 e. The molecule has 158 valence electrons. The van der Waals surface area contributed by atoms with Crippen LogP contribution in [0.15, 0.2) is 12.5 Å². The first kappa shape index (κ1) is 21.3. The molecule has 0 aliphatic carbocycles. The average Bonchev–Trinajstić information content (AvgIpc) is 3.33. The van der Waals surface area contributed by atoms with E-state index in [1.807, 2.05) is 22.6 Å². The molecule has 8 nitrogen and oxygen atoms in total. The number of methoxy groups -OCH3 is 1. The summed E-state index contributed by atoms with van der Waals surface area (Å²) in [5.41, 5.74) is 0.0786. The summed E-state index contributed by atoms with van der Waals surface area (Å²) in [6.45, 7) is 8.21. The lowest BCUT2D eigenvalue weighted by atomic mass is 9.75. The van der Waals surface area contributed by atoms with Crippen molar-refractivity contribution in [2.24, 2.45) is 5.41 Å². The molecule has 2 aliphatic heterocycles. The summed E-state index contributed by atoms with van der Waals surface area (Å²) < 4.78 is 34.2. The Morgan fingerprint density at radius 1 is 1.39 bits per heavy atom. The molecule has 28 heavy (non-hydrogen) atoms. The lowest BCUT2D eigenvalue weighted by Gasteiger charge is -2.28. The Morgan fingerprint density at radius 2 is 2.14 bits per heavy atom. The second kappa shape index (κ2) is 8.12. The van der Waals surface area contributed by atoms with Gasteiger partial charge in [-0.05, 0) is 26.7 Å². The van der Waals surface area contributed by atoms with Crippen molar-refractivity contribution in [1.82, 2.24) is 18.8 Å². The van der Waals surface area contributed by atoms with Gasteiger partial charge in [0.15, 0.2) is 0 Å². The molecule has 3 rings (SSSR count). The van der Waals surface area contributed by atoms with Gasteiger partial charge in [-0.15, -0.1) is 0 Å². The molecule has 9 heteroatoms. The number of likely N-dealkylation sites (tertiary alicyclic amines) is 1. The molecule has 0 bridgehead atoms. The van der Waals surface area contributed by atoms with E-state index in [2.05, 4.69) is 18.8 Å². The summed E-state index contributed by atoms with van der Waals surface area (Å²) >= 11 is 0. The fourth-order valence-electron chi connectivity index (χ4n) is 4.40. The molecule has 3 heterocycles. The first-order valence-corrected chi connectivity index (χ1v) is 11.7. The van der Waals surface area contributed by atoms with Gasteiger partial charge in [-0.3, -0.25) is 4.79 Å². The van der Waals surface area contributed by atoms with E-state index in [-0.39, 0.29) is 30.2 Å². The maximum atomic E-state index is 13.4. The summed E-state index contributed by atoms with van der Waals surface area (Å²) in [6, 6.07) is 0.260. The monoisotopic (exact) mass is 412 g/mol. The third-order valence-corrected chi connectivity index (χ3v) is 8.04. The molecule has 2 unspecified atom stereocenters. The Bertz CT molecular complexity index is 807. The van der Waals surface area contributed by atoms with Crippen LogP contribution in [0.25, 0.3) is 0 Å². The lowest BCUT2D eigenvalue weighted by molar-refractivity contribution is -0.136. The van der Waals surface area contributed by atoms with Gasteiger partial charge in [-0.1, -0.05) is 6.92 Å². The molecule has 2 saturated heterocycles. The van der Waals surface area contributed by atoms with Crippen molar-refractivity contribution in [3.63, 3.8) is 0 Å². The van der Waals surface area contributed by atoms with Gasteiger partial charge < -0.3 is 14.2 Å². The van der Waals surface area contributed by atoms with Gasteiger partial charge >= 0.3 is 0 Å². The minimum absolute atomic E-state index is 0.0304. The molecular weight excluding hydrogens is 380 g/mol. The Hall–Kier alpha value is -1.45. The number of aromatic nitrogens is 2. The van der Waals surface area contributed by atoms with Gasteiger partial charge in [0.05, 0.1) is 29.8 Å². The van der Waals surface area contributed by atoms with E-state index >= 15 is 0 Å². The molecule has 2 aliphatic rings. The number of amides is 1. The third kappa shape index (κ3) is 3.71. The van der Waals surface area contributed by atoms with E-state index in [1.54, 1.807) is 13.4 Å². The first-order chi connectivity index (χ1) is 13.2. The van der Waals surface area contributed by atoms with Crippen LogP contribution in [0.2, 0.25) is 0 Å². The highest BCUT2D eigenvalue weighted by Crippen LogP contribution is 2.50. The van der Waals surface area contributed by atoms with Crippen molar-refractivity contribution >= 4 is 15.9 Å². The molecule has 0 N–H and O–H groups in total. The van der Waals surface area contributed by atoms with E-state index in [4.69, 9.17) is 4.74 Å². The van der Waals surface area contributed by atoms with Crippen LogP contribution in [0.4, 0.5) is 0 Å². The maximum Gasteiger partial charge on any atom is 0.231 e. The number of nitrogens with zero attached hydrogens (tertiary/aromatic N) is 4. The van der Waals surface area contributed by atoms with Crippen molar-refractivity contribution in [2.45, 2.75) is 45.6 Å². The number of hydrogen-bond donors (Lipinski definition) is 0. The molecule has 0 radical (unpaired) electrons. The maximum absolute atomic E-state index is 13.4. The first-order valence-electron chi connectivity index (χ1n) is 10.0. The van der Waals surface area contributed by atoms with E-state index in [9.17, 15) is 13.2 Å². The molecule has 1 spiro atoms. The highest BCUT2D eigenvalue weighted by Gasteiger charge is 2.59. The number of hydrogen-bond acceptors (Lipinski definition) is 5. The molecule has 1 aromatic heterocycles. The van der Waals surface area contributed by atoms with Gasteiger partial charge in [0, 0.05) is 51.4 Å². The van der Waals surface area contributed by atoms with Crippen LogP contribution in [-0.4, -0.2) is 78.7 Å². The largest absolute Gasteiger partial charge is 0.383 e. The predicted octanol–water partition coefficient (Wildman–Crippen LogP) is 1.47. The van der Waals surface area contributed by atoms with E-state index < -0.39 is 15.4 Å². The quantitative estimate of drug-likeness (QED) is 0.645. The van der Waals surface area contributed by atoms with E-state index in [0.717, 1.165) is 5.69 Å². The zero-order chi connectivity index (χ0) is 20.5. The van der Waals surface area contributed by atoms with Crippen LogP contribution < -0.4 is 0 Å². The lowest BCUT2D eigenvalue weighted by Crippen LogP contribution is -2.41. The van der Waals surface area contributed by atoms with Crippen molar-refractivity contribution in [3.05, 3.63) is 18.2 Å². The highest BCUT2D eigenvalue weighted by molar-refractivity contribution is 7.89. The van der Waals surface area contributed by atoms with Crippen LogP contribution >= 0.6 is 0 Å². The minimum atomic E-state index is -3.38. The standard InChI is InChI=1S/C19H32N4O4S/c1-5-10-28(25,26)23-11-16(17-12-22(14-20-17)15(2)3)19(13-23)6-7-21(18(19)24)8-9-27-4/h12,14-16H,5-11,13H2,1-4H3. The Labute approximate surface area is 167 Å². The van der Waals surface area contributed by atoms with E-state index in [1.165, 1.54) is 4.31 Å². The van der Waals surface area contributed by atoms with Crippen molar-refractivity contribution in [1.29, 1.82) is 0 Å². The average molecular weight is 413 g/mol. The summed E-state index contributed by atoms with van der Waals surface area (Å²) in [5.74, 6) is -0.0836. The second-order valence-electron chi connectivity index (χ2n) is 8.19. The Kier molecular flexibility index (Phi) is 6.17. The predicted molar refractivity (Wildman–Crippen MR) is 107 cm³/mol. The number of carbonyl (C=O) groups excluding carboxylic acids is 1. The van der Waals surface area contributed by atoms with Crippen molar-refractivity contribution < 1.29 is 17.9 Å². The number of sulfonamides is 1. The van der Waals surface area contributed by atoms with Crippen LogP contribution in [0, 0.1) is 5.41 Å². The highest BCUT2D eigenvalue weighted by atomic mass is 32.2. The number of rotatable bonds is 8. The van der Waals surface area contributed by atoms with Crippen molar-refractivity contribution in [2.75, 3.05) is 45.6 Å². The molecule has 0 saturated carbocycles.